The van der Waals surface area contributed by atoms with Gasteiger partial charge in [-0.25, -0.2) is 4.79 Å². The van der Waals surface area contributed by atoms with Gasteiger partial charge in [0.1, 0.15) is 11.5 Å². The molecule has 8 nitrogen and oxygen atoms in total. The number of hydrogen-bond acceptors (Lipinski definition) is 6. The summed E-state index contributed by atoms with van der Waals surface area (Å²) in [6.45, 7) is 5.73. The van der Waals surface area contributed by atoms with E-state index in [1.165, 1.54) is 0 Å². The number of nitrogens with one attached hydrogen (secondary N) is 2. The van der Waals surface area contributed by atoms with Crippen molar-refractivity contribution in [3.05, 3.63) is 138 Å². The van der Waals surface area contributed by atoms with Crippen LogP contribution in [-0.4, -0.2) is 42.3 Å². The van der Waals surface area contributed by atoms with E-state index in [9.17, 15) is 9.90 Å². The minimum atomic E-state index is -0.535. The van der Waals surface area contributed by atoms with Gasteiger partial charge in [-0.05, 0) is 60.1 Å². The molecule has 0 saturated carbocycles. The van der Waals surface area contributed by atoms with E-state index < -0.39 is 6.29 Å². The highest BCUT2D eigenvalue weighted by Gasteiger charge is 2.32. The quantitative estimate of drug-likeness (QED) is 0.154. The normalized spacial score (nSPS) is 18.0. The van der Waals surface area contributed by atoms with Gasteiger partial charge in [0.15, 0.2) is 6.29 Å². The third-order valence-electron chi connectivity index (χ3n) is 7.37. The third kappa shape index (κ3) is 8.78. The Bertz CT molecular complexity index is 1480. The predicted molar refractivity (Wildman–Crippen MR) is 171 cm³/mol. The molecule has 0 spiro atoms. The van der Waals surface area contributed by atoms with Gasteiger partial charge in [0, 0.05) is 37.3 Å². The first-order valence-electron chi connectivity index (χ1n) is 14.8. The summed E-state index contributed by atoms with van der Waals surface area (Å²) < 4.78 is 18.6. The molecule has 228 valence electrons. The van der Waals surface area contributed by atoms with Gasteiger partial charge >= 0.3 is 6.03 Å². The Hall–Kier alpha value is -4.47. The molecule has 1 heterocycles. The maximum absolute atomic E-state index is 12.5. The van der Waals surface area contributed by atoms with Gasteiger partial charge in [-0.3, -0.25) is 0 Å². The zero-order valence-electron chi connectivity index (χ0n) is 24.9. The van der Waals surface area contributed by atoms with E-state index in [4.69, 9.17) is 14.2 Å². The number of carbonyl (C=O) groups is 1. The molecule has 1 fully saturated rings. The van der Waals surface area contributed by atoms with Gasteiger partial charge in [-0.2, -0.15) is 0 Å². The van der Waals surface area contributed by atoms with Crippen LogP contribution in [0.4, 0.5) is 10.5 Å². The van der Waals surface area contributed by atoms with E-state index >= 15 is 0 Å². The number of urea groups is 1. The molecule has 44 heavy (non-hydrogen) atoms. The van der Waals surface area contributed by atoms with Gasteiger partial charge in [0.25, 0.3) is 0 Å². The molecule has 3 atom stereocenters. The van der Waals surface area contributed by atoms with Crippen molar-refractivity contribution in [1.29, 1.82) is 0 Å². The second kappa shape index (κ2) is 15.3. The number of benzene rings is 4. The van der Waals surface area contributed by atoms with E-state index in [1.807, 2.05) is 104 Å². The Morgan fingerprint density at radius 1 is 0.909 bits per heavy atom. The fourth-order valence-electron chi connectivity index (χ4n) is 5.06. The maximum atomic E-state index is 12.5. The van der Waals surface area contributed by atoms with Crippen LogP contribution in [0.2, 0.25) is 0 Å². The van der Waals surface area contributed by atoms with E-state index in [1.54, 1.807) is 12.1 Å². The zero-order valence-corrected chi connectivity index (χ0v) is 24.9. The predicted octanol–water partition coefficient (Wildman–Crippen LogP) is 6.96. The van der Waals surface area contributed by atoms with Crippen LogP contribution in [0.5, 0.6) is 11.5 Å². The van der Waals surface area contributed by atoms with Crippen molar-refractivity contribution < 1.29 is 24.1 Å². The summed E-state index contributed by atoms with van der Waals surface area (Å²) in [4.78, 5) is 14.7. The van der Waals surface area contributed by atoms with Gasteiger partial charge in [0.2, 0.25) is 0 Å². The van der Waals surface area contributed by atoms with Crippen LogP contribution in [-0.2, 0) is 22.6 Å². The maximum Gasteiger partial charge on any atom is 0.319 e. The number of nitrogens with zero attached hydrogens (tertiary/aromatic N) is 1. The monoisotopic (exact) mass is 593 g/mol. The Morgan fingerprint density at radius 2 is 1.57 bits per heavy atom. The van der Waals surface area contributed by atoms with E-state index in [0.717, 1.165) is 47.5 Å². The Kier molecular flexibility index (Phi) is 10.8. The SMILES string of the molecule is C=CCN(C)CC1CC(c2ccc(CO)cc2)OC(c2ccc(CNC(=O)Nc3ccc(Oc4ccccc4)cc3)cc2)O1. The van der Waals surface area contributed by atoms with Gasteiger partial charge in [-0.1, -0.05) is 72.8 Å². The van der Waals surface area contributed by atoms with Crippen LogP contribution >= 0.6 is 0 Å². The topological polar surface area (TPSA) is 92.3 Å². The summed E-state index contributed by atoms with van der Waals surface area (Å²) in [5.74, 6) is 1.44. The van der Waals surface area contributed by atoms with E-state index in [0.29, 0.717) is 18.0 Å². The molecule has 0 aromatic heterocycles. The first-order valence-corrected chi connectivity index (χ1v) is 14.8. The number of likely N-dealkylation sites (N-methyl/N-ethyl adjacent to an activating group) is 1. The number of anilines is 1. The highest BCUT2D eigenvalue weighted by molar-refractivity contribution is 5.89. The number of aliphatic hydroxyl groups is 1. The van der Waals surface area contributed by atoms with Crippen LogP contribution in [0.1, 0.15) is 41.1 Å². The Morgan fingerprint density at radius 3 is 2.25 bits per heavy atom. The molecule has 0 bridgehead atoms. The van der Waals surface area contributed by atoms with Crippen LogP contribution < -0.4 is 15.4 Å². The molecule has 2 amide bonds. The van der Waals surface area contributed by atoms with Gasteiger partial charge in [-0.15, -0.1) is 6.58 Å². The van der Waals surface area contributed by atoms with Gasteiger partial charge in [0.05, 0.1) is 18.8 Å². The zero-order chi connectivity index (χ0) is 30.7. The Balaban J connectivity index is 1.16. The van der Waals surface area contributed by atoms with E-state index in [-0.39, 0.29) is 24.8 Å². The molecule has 4 aromatic rings. The lowest BCUT2D eigenvalue weighted by atomic mass is 9.99. The smallest absolute Gasteiger partial charge is 0.319 e. The molecule has 1 aliphatic rings. The standard InChI is InChI=1S/C36H39N3O5/c1-3-21-39(2)24-33-22-34(28-13-11-27(25-40)12-14-28)44-35(43-33)29-15-9-26(10-16-29)23-37-36(41)38-30-17-19-32(20-18-30)42-31-7-5-4-6-8-31/h3-20,33-35,40H,1,21-25H2,2H3,(H2,37,38,41). The number of rotatable bonds is 12. The van der Waals surface area contributed by atoms with Crippen molar-refractivity contribution in [2.75, 3.05) is 25.5 Å². The van der Waals surface area contributed by atoms with Crippen molar-refractivity contribution in [2.45, 2.75) is 38.1 Å². The largest absolute Gasteiger partial charge is 0.457 e. The van der Waals surface area contributed by atoms with Crippen molar-refractivity contribution in [3.63, 3.8) is 0 Å². The highest BCUT2D eigenvalue weighted by atomic mass is 16.7. The Labute approximate surface area is 258 Å². The summed E-state index contributed by atoms with van der Waals surface area (Å²) in [6, 6.07) is 32.2. The minimum Gasteiger partial charge on any atom is -0.457 e. The summed E-state index contributed by atoms with van der Waals surface area (Å²) in [7, 11) is 2.05. The van der Waals surface area contributed by atoms with Crippen LogP contribution in [0.15, 0.2) is 116 Å². The van der Waals surface area contributed by atoms with Crippen LogP contribution in [0.25, 0.3) is 0 Å². The molecule has 1 saturated heterocycles. The van der Waals surface area contributed by atoms with E-state index in [2.05, 4.69) is 22.1 Å². The summed E-state index contributed by atoms with van der Waals surface area (Å²) >= 11 is 0. The number of ether oxygens (including phenoxy) is 3. The summed E-state index contributed by atoms with van der Waals surface area (Å²) in [5, 5.41) is 15.2. The molecular weight excluding hydrogens is 554 g/mol. The summed E-state index contributed by atoms with van der Waals surface area (Å²) in [6.07, 6.45) is 1.88. The molecule has 4 aromatic carbocycles. The van der Waals surface area contributed by atoms with Crippen molar-refractivity contribution >= 4 is 11.7 Å². The lowest BCUT2D eigenvalue weighted by Gasteiger charge is -2.37. The second-order valence-electron chi connectivity index (χ2n) is 10.8. The molecule has 3 N–H and O–H groups in total. The average Bonchev–Trinajstić information content (AvgIpc) is 3.05. The third-order valence-corrected chi connectivity index (χ3v) is 7.37. The van der Waals surface area contributed by atoms with Crippen molar-refractivity contribution in [3.8, 4) is 11.5 Å². The number of hydrogen-bond donors (Lipinski definition) is 3. The molecule has 0 radical (unpaired) electrons. The average molecular weight is 594 g/mol. The fourth-order valence-corrected chi connectivity index (χ4v) is 5.06. The highest BCUT2D eigenvalue weighted by Crippen LogP contribution is 2.38. The second-order valence-corrected chi connectivity index (χ2v) is 10.8. The first kappa shape index (κ1) is 31.0. The van der Waals surface area contributed by atoms with Crippen molar-refractivity contribution in [1.82, 2.24) is 10.2 Å². The number of para-hydroxylation sites is 1. The lowest BCUT2D eigenvalue weighted by molar-refractivity contribution is -0.252. The minimum absolute atomic E-state index is 0.00704. The number of aliphatic hydroxyl groups excluding tert-OH is 1. The lowest BCUT2D eigenvalue weighted by Crippen LogP contribution is -2.37. The van der Waals surface area contributed by atoms with Crippen LogP contribution in [0, 0.1) is 0 Å². The number of amides is 2. The fraction of sp³-hybridized carbons (Fsp3) is 0.250. The number of carbonyl (C=O) groups excluding carboxylic acids is 1. The van der Waals surface area contributed by atoms with Crippen LogP contribution in [0.3, 0.4) is 0 Å². The summed E-state index contributed by atoms with van der Waals surface area (Å²) in [5.41, 5.74) is 4.44. The molecule has 3 unspecified atom stereocenters. The van der Waals surface area contributed by atoms with Gasteiger partial charge < -0.3 is 34.9 Å². The molecule has 0 aliphatic carbocycles. The molecular formula is C36H39N3O5. The molecule has 1 aliphatic heterocycles. The molecule has 8 heteroatoms. The first-order chi connectivity index (χ1) is 21.5. The van der Waals surface area contributed by atoms with Crippen molar-refractivity contribution in [2.24, 2.45) is 0 Å². The molecule has 5 rings (SSSR count).